The van der Waals surface area contributed by atoms with Crippen molar-refractivity contribution in [2.75, 3.05) is 33.0 Å². The van der Waals surface area contributed by atoms with E-state index in [9.17, 15) is 49.5 Å². The van der Waals surface area contributed by atoms with Crippen LogP contribution in [0.5, 0.6) is 0 Å². The fraction of sp³-hybridized carbons (Fsp3) is 0.833. The molecule has 0 aliphatic carbocycles. The van der Waals surface area contributed by atoms with E-state index in [0.717, 1.165) is 0 Å². The SMILES string of the molecule is O=C([O-])C(O)C(O)C(O)C(O)CO.O=C([O-])C(O)C(O)C(O)C(O)CO.O=C([O-])C(O)C(O)C(O)C(O)CO.O=C([O-])C(O)C(O)C(O)C(O)CO.O=C([O-])C(O)C(O)C(O)C(O)CO.[Nb+5]. The predicted molar refractivity (Wildman–Crippen MR) is 181 cm³/mol. The van der Waals surface area contributed by atoms with Gasteiger partial charge >= 0.3 is 22.4 Å². The molecule has 36 heteroatoms. The van der Waals surface area contributed by atoms with Gasteiger partial charge in [-0.3, -0.25) is 0 Å². The van der Waals surface area contributed by atoms with E-state index in [2.05, 4.69) is 0 Å². The second-order valence-electron chi connectivity index (χ2n) is 12.5. The van der Waals surface area contributed by atoms with Crippen molar-refractivity contribution in [3.8, 4) is 0 Å². The van der Waals surface area contributed by atoms with Gasteiger partial charge in [-0.25, -0.2) is 0 Å². The molecule has 0 radical (unpaired) electrons. The van der Waals surface area contributed by atoms with Crippen LogP contribution in [0, 0.1) is 0 Å². The van der Waals surface area contributed by atoms with Gasteiger partial charge in [-0.15, -0.1) is 0 Å². The topological polar surface area (TPSA) is 706 Å². The van der Waals surface area contributed by atoms with Gasteiger partial charge in [0, 0.05) is 0 Å². The van der Waals surface area contributed by atoms with Crippen LogP contribution in [0.2, 0.25) is 0 Å². The first kappa shape index (κ1) is 74.6. The number of carboxylic acids is 5. The van der Waals surface area contributed by atoms with Crippen LogP contribution >= 0.6 is 0 Å². The molecule has 0 amide bonds. The molecule has 0 aliphatic rings. The maximum absolute atomic E-state index is 9.98. The van der Waals surface area contributed by atoms with E-state index in [0.29, 0.717) is 0 Å². The molecule has 0 aliphatic heterocycles. The van der Waals surface area contributed by atoms with Gasteiger partial charge in [0.2, 0.25) is 0 Å². The Labute approximate surface area is 384 Å². The molecular formula is C30H55NbO35. The van der Waals surface area contributed by atoms with Crippen molar-refractivity contribution in [3.05, 3.63) is 0 Å². The van der Waals surface area contributed by atoms with Crippen molar-refractivity contribution in [1.82, 2.24) is 0 Å². The number of carbonyl (C=O) groups is 5. The molecule has 20 unspecified atom stereocenters. The molecule has 0 heterocycles. The summed E-state index contributed by atoms with van der Waals surface area (Å²) in [5, 5.41) is 267. The number of aliphatic carboxylic acids is 5. The summed E-state index contributed by atoms with van der Waals surface area (Å²) in [6, 6.07) is 0. The molecule has 0 saturated carbocycles. The van der Waals surface area contributed by atoms with Crippen LogP contribution in [-0.2, 0) is 46.4 Å². The first-order valence-corrected chi connectivity index (χ1v) is 17.3. The second-order valence-corrected chi connectivity index (χ2v) is 12.5. The van der Waals surface area contributed by atoms with Crippen molar-refractivity contribution in [3.63, 3.8) is 0 Å². The van der Waals surface area contributed by atoms with Crippen LogP contribution in [-0.4, -0.2) is 313 Å². The summed E-state index contributed by atoms with van der Waals surface area (Å²) in [4.78, 5) is 49.9. The molecule has 0 spiro atoms. The zero-order chi connectivity index (χ0) is 53.0. The fourth-order valence-electron chi connectivity index (χ4n) is 3.31. The summed E-state index contributed by atoms with van der Waals surface area (Å²) < 4.78 is 0. The molecule has 0 fully saturated rings. The van der Waals surface area contributed by atoms with E-state index in [1.165, 1.54) is 0 Å². The van der Waals surface area contributed by atoms with Crippen LogP contribution in [0.4, 0.5) is 0 Å². The first-order chi connectivity index (χ1) is 29.6. The van der Waals surface area contributed by atoms with Crippen molar-refractivity contribution in [1.29, 1.82) is 0 Å². The van der Waals surface area contributed by atoms with Gasteiger partial charge in [0.25, 0.3) is 0 Å². The summed E-state index contributed by atoms with van der Waals surface area (Å²) in [5.41, 5.74) is 0. The molecule has 25 N–H and O–H groups in total. The number of carboxylic acid groups (broad SMARTS) is 5. The Morgan fingerprint density at radius 1 is 0.242 bits per heavy atom. The van der Waals surface area contributed by atoms with E-state index < -0.39 is 185 Å². The Morgan fingerprint density at radius 3 is 0.394 bits per heavy atom. The Balaban J connectivity index is -0.000000170. The number of carbonyl (C=O) groups excluding carboxylic acids is 5. The number of hydrogen-bond acceptors (Lipinski definition) is 35. The van der Waals surface area contributed by atoms with Crippen LogP contribution in [0.15, 0.2) is 0 Å². The molecule has 0 bridgehead atoms. The molecule has 0 saturated heterocycles. The van der Waals surface area contributed by atoms with Gasteiger partial charge in [0.1, 0.15) is 122 Å². The van der Waals surface area contributed by atoms with Crippen molar-refractivity contribution >= 4 is 29.8 Å². The number of hydrogen-bond donors (Lipinski definition) is 25. The number of aliphatic hydroxyl groups is 25. The molecule has 0 aromatic carbocycles. The quantitative estimate of drug-likeness (QED) is 0.0378. The molecule has 20 atom stereocenters. The molecule has 390 valence electrons. The molecule has 35 nitrogen and oxygen atoms in total. The van der Waals surface area contributed by atoms with Crippen LogP contribution in [0.25, 0.3) is 0 Å². The average molecular weight is 1070 g/mol. The first-order valence-electron chi connectivity index (χ1n) is 17.3. The molecule has 0 aromatic heterocycles. The largest absolute Gasteiger partial charge is 5.00 e. The van der Waals surface area contributed by atoms with E-state index in [-0.39, 0.29) is 22.4 Å². The minimum atomic E-state index is -2.31. The monoisotopic (exact) mass is 1070 g/mol. The number of aliphatic hydroxyl groups excluding tert-OH is 25. The predicted octanol–water partition coefficient (Wildman–Crippen LogP) is -24.1. The van der Waals surface area contributed by atoms with Crippen molar-refractivity contribution < 1.29 is 200 Å². The van der Waals surface area contributed by atoms with Gasteiger partial charge in [0.05, 0.1) is 62.9 Å². The van der Waals surface area contributed by atoms with Crippen LogP contribution in [0.1, 0.15) is 0 Å². The minimum Gasteiger partial charge on any atom is -0.547 e. The zero-order valence-corrected chi connectivity index (χ0v) is 35.5. The number of rotatable bonds is 25. The van der Waals surface area contributed by atoms with Gasteiger partial charge in [-0.2, -0.15) is 0 Å². The van der Waals surface area contributed by atoms with Crippen LogP contribution < -0.4 is 25.5 Å². The Morgan fingerprint density at radius 2 is 0.333 bits per heavy atom. The maximum Gasteiger partial charge on any atom is 5.00 e. The average Bonchev–Trinajstić information content (AvgIpc) is 3.28. The summed E-state index contributed by atoms with van der Waals surface area (Å²) in [5.74, 6) is -9.88. The van der Waals surface area contributed by atoms with Gasteiger partial charge in [0.15, 0.2) is 0 Å². The Bertz CT molecular complexity index is 1080. The Hall–Kier alpha value is -2.91. The molecule has 66 heavy (non-hydrogen) atoms. The Kier molecular flexibility index (Phi) is 44.1. The molecule has 0 aromatic rings. The summed E-state index contributed by atoms with van der Waals surface area (Å²) in [7, 11) is 0. The van der Waals surface area contributed by atoms with Gasteiger partial charge in [-0.1, -0.05) is 0 Å². The van der Waals surface area contributed by atoms with Crippen LogP contribution in [0.3, 0.4) is 0 Å². The summed E-state index contributed by atoms with van der Waals surface area (Å²) in [6.45, 7) is -4.32. The maximum atomic E-state index is 9.98. The zero-order valence-electron chi connectivity index (χ0n) is 33.3. The van der Waals surface area contributed by atoms with E-state index in [1.807, 2.05) is 0 Å². The second kappa shape index (κ2) is 39.0. The third kappa shape index (κ3) is 29.1. The summed E-state index contributed by atoms with van der Waals surface area (Å²) in [6.07, 6.45) is -40.4. The minimum absolute atomic E-state index is 0. The standard InChI is InChI=1S/5C6H12O7.Nb/c5*7-1-2(8)3(9)4(10)5(11)6(12)13;/h5*2-5,7-11H,1H2,(H,12,13);/q;;;;;+5/p-5. The molecular weight excluding hydrogens is 1010 g/mol. The van der Waals surface area contributed by atoms with Gasteiger partial charge in [-0.05, 0) is 0 Å². The third-order valence-electron chi connectivity index (χ3n) is 7.48. The van der Waals surface area contributed by atoms with E-state index in [4.69, 9.17) is 128 Å². The summed E-state index contributed by atoms with van der Waals surface area (Å²) >= 11 is 0. The fourth-order valence-corrected chi connectivity index (χ4v) is 3.31. The van der Waals surface area contributed by atoms with E-state index >= 15 is 0 Å². The van der Waals surface area contributed by atoms with Crippen molar-refractivity contribution in [2.45, 2.75) is 122 Å². The smallest absolute Gasteiger partial charge is 0.547 e. The molecule has 0 rings (SSSR count). The normalized spacial score (nSPS) is 20.1. The van der Waals surface area contributed by atoms with E-state index in [1.54, 1.807) is 0 Å². The third-order valence-corrected chi connectivity index (χ3v) is 7.48. The van der Waals surface area contributed by atoms with Gasteiger partial charge < -0.3 is 177 Å². The van der Waals surface area contributed by atoms with Crippen molar-refractivity contribution in [2.24, 2.45) is 0 Å².